The third-order valence-electron chi connectivity index (χ3n) is 3.34. The Bertz CT molecular complexity index is 695. The van der Waals surface area contributed by atoms with Gasteiger partial charge in [0, 0.05) is 17.9 Å². The van der Waals surface area contributed by atoms with Crippen molar-refractivity contribution in [3.8, 4) is 5.75 Å². The van der Waals surface area contributed by atoms with E-state index in [-0.39, 0.29) is 18.4 Å². The smallest absolute Gasteiger partial charge is 0.255 e. The summed E-state index contributed by atoms with van der Waals surface area (Å²) in [6.07, 6.45) is 2.04. The first-order valence-corrected chi connectivity index (χ1v) is 6.47. The molecule has 0 spiro atoms. The molecule has 1 aliphatic rings. The van der Waals surface area contributed by atoms with E-state index in [1.54, 1.807) is 12.3 Å². The Hall–Kier alpha value is -2.83. The molecule has 1 aromatic carbocycles. The van der Waals surface area contributed by atoms with Gasteiger partial charge < -0.3 is 15.8 Å². The maximum atomic E-state index is 11.8. The van der Waals surface area contributed by atoms with Gasteiger partial charge in [0.25, 0.3) is 5.91 Å². The molecular weight excluding hydrogens is 272 g/mol. The SMILES string of the molecule is NC(=O)COc1cccc([C@@H]2CC(=O)Nc3[nH]ncc32)c1. The van der Waals surface area contributed by atoms with E-state index >= 15 is 0 Å². The minimum Gasteiger partial charge on any atom is -0.484 e. The fourth-order valence-corrected chi connectivity index (χ4v) is 2.42. The van der Waals surface area contributed by atoms with Crippen molar-refractivity contribution in [1.29, 1.82) is 0 Å². The van der Waals surface area contributed by atoms with E-state index in [0.29, 0.717) is 18.0 Å². The number of hydrogen-bond donors (Lipinski definition) is 3. The molecule has 1 atom stereocenters. The van der Waals surface area contributed by atoms with Crippen molar-refractivity contribution in [2.75, 3.05) is 11.9 Å². The van der Waals surface area contributed by atoms with Gasteiger partial charge in [-0.1, -0.05) is 12.1 Å². The van der Waals surface area contributed by atoms with Gasteiger partial charge in [-0.15, -0.1) is 0 Å². The van der Waals surface area contributed by atoms with E-state index in [4.69, 9.17) is 10.5 Å². The van der Waals surface area contributed by atoms with Crippen LogP contribution in [0.15, 0.2) is 30.5 Å². The van der Waals surface area contributed by atoms with Gasteiger partial charge in [0.05, 0.1) is 6.20 Å². The predicted molar refractivity (Wildman–Crippen MR) is 74.8 cm³/mol. The number of hydrogen-bond acceptors (Lipinski definition) is 4. The number of aromatic nitrogens is 2. The lowest BCUT2D eigenvalue weighted by atomic mass is 9.87. The minimum atomic E-state index is -0.533. The molecule has 0 saturated heterocycles. The summed E-state index contributed by atoms with van der Waals surface area (Å²) in [6.45, 7) is -0.175. The molecule has 0 saturated carbocycles. The molecule has 0 radical (unpaired) electrons. The zero-order chi connectivity index (χ0) is 14.8. The van der Waals surface area contributed by atoms with Crippen molar-refractivity contribution < 1.29 is 14.3 Å². The molecule has 0 aliphatic carbocycles. The minimum absolute atomic E-state index is 0.0693. The highest BCUT2D eigenvalue weighted by atomic mass is 16.5. The van der Waals surface area contributed by atoms with Gasteiger partial charge in [0.15, 0.2) is 6.61 Å². The van der Waals surface area contributed by atoms with Crippen LogP contribution in [0.5, 0.6) is 5.75 Å². The zero-order valence-electron chi connectivity index (χ0n) is 11.1. The Morgan fingerprint density at radius 2 is 2.33 bits per heavy atom. The summed E-state index contributed by atoms with van der Waals surface area (Å²) < 4.78 is 5.30. The topological polar surface area (TPSA) is 110 Å². The van der Waals surface area contributed by atoms with Crippen LogP contribution in [0.25, 0.3) is 0 Å². The fraction of sp³-hybridized carbons (Fsp3) is 0.214. The standard InChI is InChI=1S/C14H14N4O3/c15-12(19)7-21-9-3-1-2-8(4-9)10-5-13(20)17-14-11(10)6-16-18-14/h1-4,6,10H,5,7H2,(H2,15,19)(H2,16,17,18,20)/t10-/m0/s1. The highest BCUT2D eigenvalue weighted by Gasteiger charge is 2.28. The molecular formula is C14H14N4O3. The Morgan fingerprint density at radius 1 is 1.48 bits per heavy atom. The number of anilines is 1. The Labute approximate surface area is 120 Å². The number of benzene rings is 1. The van der Waals surface area contributed by atoms with Gasteiger partial charge in [-0.2, -0.15) is 5.10 Å². The summed E-state index contributed by atoms with van der Waals surface area (Å²) in [5, 5.41) is 9.48. The first-order valence-electron chi connectivity index (χ1n) is 6.47. The number of fused-ring (bicyclic) bond motifs is 1. The van der Waals surface area contributed by atoms with Gasteiger partial charge in [0.2, 0.25) is 5.91 Å². The molecule has 2 aromatic rings. The van der Waals surface area contributed by atoms with E-state index in [1.807, 2.05) is 18.2 Å². The van der Waals surface area contributed by atoms with Gasteiger partial charge in [0.1, 0.15) is 11.6 Å². The van der Waals surface area contributed by atoms with Crippen molar-refractivity contribution in [3.05, 3.63) is 41.6 Å². The van der Waals surface area contributed by atoms with Gasteiger partial charge in [-0.3, -0.25) is 14.7 Å². The Balaban J connectivity index is 1.89. The van der Waals surface area contributed by atoms with Gasteiger partial charge in [-0.25, -0.2) is 0 Å². The molecule has 21 heavy (non-hydrogen) atoms. The highest BCUT2D eigenvalue weighted by Crippen LogP contribution is 2.36. The summed E-state index contributed by atoms with van der Waals surface area (Å²) in [6, 6.07) is 7.28. The number of carbonyl (C=O) groups is 2. The molecule has 0 bridgehead atoms. The van der Waals surface area contributed by atoms with E-state index in [1.165, 1.54) is 0 Å². The second-order valence-electron chi connectivity index (χ2n) is 4.83. The molecule has 2 amide bonds. The molecule has 108 valence electrons. The maximum absolute atomic E-state index is 11.8. The van der Waals surface area contributed by atoms with Crippen molar-refractivity contribution in [3.63, 3.8) is 0 Å². The lowest BCUT2D eigenvalue weighted by molar-refractivity contribution is -0.120. The molecule has 0 unspecified atom stereocenters. The van der Waals surface area contributed by atoms with Crippen molar-refractivity contribution in [2.45, 2.75) is 12.3 Å². The lowest BCUT2D eigenvalue weighted by Crippen LogP contribution is -2.23. The number of amides is 2. The number of carbonyl (C=O) groups excluding carboxylic acids is 2. The number of primary amides is 1. The van der Waals surface area contributed by atoms with Crippen LogP contribution in [0.2, 0.25) is 0 Å². The summed E-state index contributed by atoms with van der Waals surface area (Å²) in [7, 11) is 0. The normalized spacial score (nSPS) is 17.0. The van der Waals surface area contributed by atoms with Crippen LogP contribution in [-0.4, -0.2) is 28.6 Å². The quantitative estimate of drug-likeness (QED) is 0.770. The highest BCUT2D eigenvalue weighted by molar-refractivity contribution is 5.94. The molecule has 2 heterocycles. The average molecular weight is 286 g/mol. The largest absolute Gasteiger partial charge is 0.484 e. The van der Waals surface area contributed by atoms with Crippen LogP contribution < -0.4 is 15.8 Å². The Kier molecular flexibility index (Phi) is 3.31. The summed E-state index contributed by atoms with van der Waals surface area (Å²) in [5.41, 5.74) is 6.92. The first-order chi connectivity index (χ1) is 10.1. The van der Waals surface area contributed by atoms with Crippen LogP contribution >= 0.6 is 0 Å². The van der Waals surface area contributed by atoms with Crippen LogP contribution in [-0.2, 0) is 9.59 Å². The van der Waals surface area contributed by atoms with Crippen LogP contribution in [0.3, 0.4) is 0 Å². The summed E-state index contributed by atoms with van der Waals surface area (Å²) in [5.74, 6) is 0.474. The fourth-order valence-electron chi connectivity index (χ4n) is 2.42. The summed E-state index contributed by atoms with van der Waals surface area (Å²) in [4.78, 5) is 22.5. The van der Waals surface area contributed by atoms with Crippen molar-refractivity contribution >= 4 is 17.6 Å². The lowest BCUT2D eigenvalue weighted by Gasteiger charge is -2.22. The summed E-state index contributed by atoms with van der Waals surface area (Å²) >= 11 is 0. The molecule has 0 fully saturated rings. The maximum Gasteiger partial charge on any atom is 0.255 e. The van der Waals surface area contributed by atoms with Crippen molar-refractivity contribution in [2.24, 2.45) is 5.73 Å². The molecule has 4 N–H and O–H groups in total. The van der Waals surface area contributed by atoms with E-state index in [0.717, 1.165) is 11.1 Å². The van der Waals surface area contributed by atoms with Crippen molar-refractivity contribution in [1.82, 2.24) is 10.2 Å². The molecule has 7 heteroatoms. The second kappa shape index (κ2) is 5.28. The van der Waals surface area contributed by atoms with E-state index < -0.39 is 5.91 Å². The van der Waals surface area contributed by atoms with E-state index in [2.05, 4.69) is 15.5 Å². The first kappa shape index (κ1) is 13.2. The number of nitrogens with two attached hydrogens (primary N) is 1. The number of nitrogens with zero attached hydrogens (tertiary/aromatic N) is 1. The third kappa shape index (κ3) is 2.71. The van der Waals surface area contributed by atoms with Crippen LogP contribution in [0, 0.1) is 0 Å². The monoisotopic (exact) mass is 286 g/mol. The number of H-pyrrole nitrogens is 1. The number of nitrogens with one attached hydrogen (secondary N) is 2. The average Bonchev–Trinajstić information content (AvgIpc) is 2.92. The Morgan fingerprint density at radius 3 is 3.14 bits per heavy atom. The number of ether oxygens (including phenoxy) is 1. The predicted octanol–water partition coefficient (Wildman–Crippen LogP) is 0.748. The van der Waals surface area contributed by atoms with Gasteiger partial charge in [-0.05, 0) is 17.7 Å². The zero-order valence-corrected chi connectivity index (χ0v) is 11.1. The van der Waals surface area contributed by atoms with Crippen LogP contribution in [0.1, 0.15) is 23.5 Å². The molecule has 7 nitrogen and oxygen atoms in total. The third-order valence-corrected chi connectivity index (χ3v) is 3.34. The number of aromatic amines is 1. The molecule has 3 rings (SSSR count). The molecule has 1 aromatic heterocycles. The van der Waals surface area contributed by atoms with Crippen LogP contribution in [0.4, 0.5) is 5.82 Å². The van der Waals surface area contributed by atoms with Gasteiger partial charge >= 0.3 is 0 Å². The molecule has 1 aliphatic heterocycles. The van der Waals surface area contributed by atoms with E-state index in [9.17, 15) is 9.59 Å². The second-order valence-corrected chi connectivity index (χ2v) is 4.83. The number of rotatable bonds is 4.